The Kier molecular flexibility index (Phi) is 7.66. The number of benzene rings is 1. The molecule has 0 saturated heterocycles. The largest absolute Gasteiger partial charge is 0.482 e. The SMILES string of the molecule is CCCNC(CC)COC(=O)COc1ccccc1. The summed E-state index contributed by atoms with van der Waals surface area (Å²) in [5.41, 5.74) is 0. The van der Waals surface area contributed by atoms with E-state index in [4.69, 9.17) is 9.47 Å². The first kappa shape index (κ1) is 15.5. The fourth-order valence-corrected chi connectivity index (χ4v) is 1.56. The Morgan fingerprint density at radius 1 is 1.26 bits per heavy atom. The highest BCUT2D eigenvalue weighted by Crippen LogP contribution is 2.07. The highest BCUT2D eigenvalue weighted by atomic mass is 16.6. The molecule has 0 saturated carbocycles. The van der Waals surface area contributed by atoms with E-state index in [1.54, 1.807) is 0 Å². The van der Waals surface area contributed by atoms with Gasteiger partial charge in [0.15, 0.2) is 6.61 Å². The Bertz CT molecular complexity index is 354. The first-order chi connectivity index (χ1) is 9.26. The van der Waals surface area contributed by atoms with E-state index >= 15 is 0 Å². The van der Waals surface area contributed by atoms with Crippen molar-refractivity contribution < 1.29 is 14.3 Å². The van der Waals surface area contributed by atoms with Crippen molar-refractivity contribution in [2.75, 3.05) is 19.8 Å². The summed E-state index contributed by atoms with van der Waals surface area (Å²) in [6, 6.07) is 9.47. The van der Waals surface area contributed by atoms with Gasteiger partial charge in [0, 0.05) is 6.04 Å². The van der Waals surface area contributed by atoms with Crippen molar-refractivity contribution >= 4 is 5.97 Å². The predicted molar refractivity (Wildman–Crippen MR) is 75.3 cm³/mol. The standard InChI is InChI=1S/C15H23NO3/c1-3-10-16-13(4-2)11-19-15(17)12-18-14-8-6-5-7-9-14/h5-9,13,16H,3-4,10-12H2,1-2H3. The van der Waals surface area contributed by atoms with Crippen LogP contribution in [-0.2, 0) is 9.53 Å². The van der Waals surface area contributed by atoms with Crippen LogP contribution in [0.1, 0.15) is 26.7 Å². The molecule has 0 aliphatic carbocycles. The second-order valence-corrected chi connectivity index (χ2v) is 4.34. The average Bonchev–Trinajstić information content (AvgIpc) is 2.46. The first-order valence-corrected chi connectivity index (χ1v) is 6.83. The van der Waals surface area contributed by atoms with E-state index in [1.807, 2.05) is 30.3 Å². The summed E-state index contributed by atoms with van der Waals surface area (Å²) in [4.78, 5) is 11.5. The Hall–Kier alpha value is -1.55. The summed E-state index contributed by atoms with van der Waals surface area (Å²) >= 11 is 0. The highest BCUT2D eigenvalue weighted by Gasteiger charge is 2.09. The summed E-state index contributed by atoms with van der Waals surface area (Å²) in [6.07, 6.45) is 2.01. The van der Waals surface area contributed by atoms with Gasteiger partial charge in [-0.1, -0.05) is 32.0 Å². The van der Waals surface area contributed by atoms with E-state index in [0.717, 1.165) is 19.4 Å². The van der Waals surface area contributed by atoms with Crippen molar-refractivity contribution in [3.05, 3.63) is 30.3 Å². The topological polar surface area (TPSA) is 47.6 Å². The normalized spacial score (nSPS) is 11.9. The molecule has 1 aromatic rings. The summed E-state index contributed by atoms with van der Waals surface area (Å²) < 4.78 is 10.5. The molecule has 0 radical (unpaired) electrons. The van der Waals surface area contributed by atoms with Crippen LogP contribution in [0, 0.1) is 0 Å². The van der Waals surface area contributed by atoms with E-state index in [0.29, 0.717) is 12.4 Å². The number of hydrogen-bond donors (Lipinski definition) is 1. The Labute approximate surface area is 115 Å². The lowest BCUT2D eigenvalue weighted by atomic mass is 10.2. The third kappa shape index (κ3) is 6.82. The van der Waals surface area contributed by atoms with Gasteiger partial charge < -0.3 is 14.8 Å². The van der Waals surface area contributed by atoms with E-state index in [1.165, 1.54) is 0 Å². The van der Waals surface area contributed by atoms with Gasteiger partial charge in [0.05, 0.1) is 0 Å². The fourth-order valence-electron chi connectivity index (χ4n) is 1.56. The second kappa shape index (κ2) is 9.39. The molecule has 0 heterocycles. The number of ether oxygens (including phenoxy) is 2. The number of nitrogens with one attached hydrogen (secondary N) is 1. The minimum absolute atomic E-state index is 0.0474. The first-order valence-electron chi connectivity index (χ1n) is 6.83. The number of para-hydroxylation sites is 1. The third-order valence-electron chi connectivity index (χ3n) is 2.72. The van der Waals surface area contributed by atoms with Crippen molar-refractivity contribution in [3.63, 3.8) is 0 Å². The van der Waals surface area contributed by atoms with Crippen molar-refractivity contribution in [1.29, 1.82) is 0 Å². The maximum Gasteiger partial charge on any atom is 0.344 e. The lowest BCUT2D eigenvalue weighted by Crippen LogP contribution is -2.34. The van der Waals surface area contributed by atoms with Gasteiger partial charge in [-0.2, -0.15) is 0 Å². The molecule has 19 heavy (non-hydrogen) atoms. The summed E-state index contributed by atoms with van der Waals surface area (Å²) in [6.45, 7) is 5.47. The monoisotopic (exact) mass is 265 g/mol. The molecule has 0 aliphatic heterocycles. The van der Waals surface area contributed by atoms with Crippen molar-refractivity contribution in [1.82, 2.24) is 5.32 Å². The van der Waals surface area contributed by atoms with Gasteiger partial charge in [-0.05, 0) is 31.5 Å². The third-order valence-corrected chi connectivity index (χ3v) is 2.72. The predicted octanol–water partition coefficient (Wildman–Crippen LogP) is 2.39. The number of carbonyl (C=O) groups excluding carboxylic acids is 1. The molecule has 1 N–H and O–H groups in total. The second-order valence-electron chi connectivity index (χ2n) is 4.34. The van der Waals surface area contributed by atoms with Crippen LogP contribution >= 0.6 is 0 Å². The van der Waals surface area contributed by atoms with Crippen LogP contribution in [0.4, 0.5) is 0 Å². The smallest absolute Gasteiger partial charge is 0.344 e. The molecule has 0 fully saturated rings. The molecule has 0 aliphatic rings. The molecule has 4 heteroatoms. The summed E-state index contributed by atoms with van der Waals surface area (Å²) in [7, 11) is 0. The van der Waals surface area contributed by atoms with E-state index in [-0.39, 0.29) is 18.6 Å². The van der Waals surface area contributed by atoms with Crippen LogP contribution in [0.3, 0.4) is 0 Å². The minimum atomic E-state index is -0.333. The molecule has 1 atom stereocenters. The Morgan fingerprint density at radius 3 is 2.63 bits per heavy atom. The number of esters is 1. The Morgan fingerprint density at radius 2 is 2.00 bits per heavy atom. The van der Waals surface area contributed by atoms with Crippen LogP contribution in [0.25, 0.3) is 0 Å². The van der Waals surface area contributed by atoms with Gasteiger partial charge in [0.1, 0.15) is 12.4 Å². The Balaban J connectivity index is 2.20. The van der Waals surface area contributed by atoms with E-state index < -0.39 is 0 Å². The molecule has 1 rings (SSSR count). The van der Waals surface area contributed by atoms with Crippen LogP contribution < -0.4 is 10.1 Å². The zero-order valence-corrected chi connectivity index (χ0v) is 11.7. The fraction of sp³-hybridized carbons (Fsp3) is 0.533. The number of hydrogen-bond acceptors (Lipinski definition) is 4. The number of rotatable bonds is 9. The van der Waals surface area contributed by atoms with Crippen LogP contribution in [0.5, 0.6) is 5.75 Å². The molecule has 106 valence electrons. The van der Waals surface area contributed by atoms with Crippen LogP contribution in [-0.4, -0.2) is 31.8 Å². The average molecular weight is 265 g/mol. The van der Waals surface area contributed by atoms with Crippen molar-refractivity contribution in [2.45, 2.75) is 32.7 Å². The lowest BCUT2D eigenvalue weighted by molar-refractivity contribution is -0.146. The molecular formula is C15H23NO3. The maximum absolute atomic E-state index is 11.5. The number of carbonyl (C=O) groups is 1. The molecule has 0 spiro atoms. The summed E-state index contributed by atoms with van der Waals surface area (Å²) in [5, 5.41) is 3.33. The van der Waals surface area contributed by atoms with Crippen molar-refractivity contribution in [3.8, 4) is 5.75 Å². The minimum Gasteiger partial charge on any atom is -0.482 e. The van der Waals surface area contributed by atoms with Crippen LogP contribution in [0.2, 0.25) is 0 Å². The lowest BCUT2D eigenvalue weighted by Gasteiger charge is -2.16. The summed E-state index contributed by atoms with van der Waals surface area (Å²) in [5.74, 6) is 0.344. The van der Waals surface area contributed by atoms with E-state index in [2.05, 4.69) is 19.2 Å². The molecule has 4 nitrogen and oxygen atoms in total. The van der Waals surface area contributed by atoms with Crippen molar-refractivity contribution in [2.24, 2.45) is 0 Å². The van der Waals surface area contributed by atoms with Gasteiger partial charge in [0.2, 0.25) is 0 Å². The zero-order chi connectivity index (χ0) is 13.9. The van der Waals surface area contributed by atoms with E-state index in [9.17, 15) is 4.79 Å². The quantitative estimate of drug-likeness (QED) is 0.696. The van der Waals surface area contributed by atoms with Gasteiger partial charge >= 0.3 is 5.97 Å². The highest BCUT2D eigenvalue weighted by molar-refractivity contribution is 5.71. The van der Waals surface area contributed by atoms with Gasteiger partial charge in [-0.3, -0.25) is 0 Å². The van der Waals surface area contributed by atoms with Gasteiger partial charge in [0.25, 0.3) is 0 Å². The van der Waals surface area contributed by atoms with Gasteiger partial charge in [-0.15, -0.1) is 0 Å². The molecule has 1 unspecified atom stereocenters. The molecule has 0 bridgehead atoms. The maximum atomic E-state index is 11.5. The van der Waals surface area contributed by atoms with Gasteiger partial charge in [-0.25, -0.2) is 4.79 Å². The molecule has 0 aromatic heterocycles. The molecule has 0 amide bonds. The van der Waals surface area contributed by atoms with Crippen LogP contribution in [0.15, 0.2) is 30.3 Å². The molecular weight excluding hydrogens is 242 g/mol. The zero-order valence-electron chi connectivity index (χ0n) is 11.7. The molecule has 1 aromatic carbocycles.